The van der Waals surface area contributed by atoms with Gasteiger partial charge in [0.1, 0.15) is 11.4 Å². The van der Waals surface area contributed by atoms with Gasteiger partial charge in [-0.15, -0.1) is 0 Å². The zero-order valence-electron chi connectivity index (χ0n) is 10.3. The van der Waals surface area contributed by atoms with Crippen molar-refractivity contribution >= 4 is 17.6 Å². The summed E-state index contributed by atoms with van der Waals surface area (Å²) in [4.78, 5) is 11.4. The lowest BCUT2D eigenvalue weighted by molar-refractivity contribution is -0.155. The molecule has 0 aliphatic rings. The maximum atomic E-state index is 11.4. The lowest BCUT2D eigenvalue weighted by Crippen LogP contribution is -2.24. The Balaban J connectivity index is 2.31. The molecule has 0 atom stereocenters. The van der Waals surface area contributed by atoms with Crippen LogP contribution in [0.15, 0.2) is 24.3 Å². The number of rotatable bonds is 4. The summed E-state index contributed by atoms with van der Waals surface area (Å²) in [5, 5.41) is 0.611. The van der Waals surface area contributed by atoms with Gasteiger partial charge in [-0.05, 0) is 39.0 Å². The van der Waals surface area contributed by atoms with Gasteiger partial charge in [-0.3, -0.25) is 4.79 Å². The lowest BCUT2D eigenvalue weighted by atomic mass is 10.2. The van der Waals surface area contributed by atoms with Crippen LogP contribution in [0.4, 0.5) is 0 Å². The number of halogens is 1. The van der Waals surface area contributed by atoms with Crippen LogP contribution in [0.3, 0.4) is 0 Å². The molecule has 1 aromatic rings. The molecule has 1 aromatic carbocycles. The molecule has 0 bridgehead atoms. The molecule has 0 aliphatic heterocycles. The molecule has 0 saturated carbocycles. The molecule has 0 saturated heterocycles. The van der Waals surface area contributed by atoms with Gasteiger partial charge in [-0.2, -0.15) is 0 Å². The molecule has 0 unspecified atom stereocenters. The lowest BCUT2D eigenvalue weighted by Gasteiger charge is -2.19. The van der Waals surface area contributed by atoms with Crippen LogP contribution in [0.25, 0.3) is 0 Å². The topological polar surface area (TPSA) is 35.5 Å². The van der Waals surface area contributed by atoms with E-state index in [1.165, 1.54) is 0 Å². The van der Waals surface area contributed by atoms with E-state index in [0.717, 1.165) is 0 Å². The third-order valence-corrected chi connectivity index (χ3v) is 2.03. The van der Waals surface area contributed by atoms with Crippen LogP contribution in [0, 0.1) is 0 Å². The summed E-state index contributed by atoms with van der Waals surface area (Å²) >= 11 is 5.80. The van der Waals surface area contributed by atoms with Crippen molar-refractivity contribution in [3.63, 3.8) is 0 Å². The highest BCUT2D eigenvalue weighted by Gasteiger charge is 2.15. The molecule has 0 amide bonds. The highest BCUT2D eigenvalue weighted by molar-refractivity contribution is 6.30. The minimum Gasteiger partial charge on any atom is -0.493 e. The number of ether oxygens (including phenoxy) is 2. The molecule has 0 spiro atoms. The number of hydrogen-bond acceptors (Lipinski definition) is 3. The number of esters is 1. The number of benzene rings is 1. The first-order valence-electron chi connectivity index (χ1n) is 5.47. The van der Waals surface area contributed by atoms with Crippen molar-refractivity contribution < 1.29 is 14.3 Å². The van der Waals surface area contributed by atoms with Crippen molar-refractivity contribution in [1.29, 1.82) is 0 Å². The molecular formula is C13H17ClO3. The SMILES string of the molecule is CC(C)(C)OC(=O)CCOc1cccc(Cl)c1. The minimum absolute atomic E-state index is 0.226. The van der Waals surface area contributed by atoms with Gasteiger partial charge in [0, 0.05) is 5.02 Å². The standard InChI is InChI=1S/C13H17ClO3/c1-13(2,3)17-12(15)7-8-16-11-6-4-5-10(14)9-11/h4-6,9H,7-8H2,1-3H3. The number of carbonyl (C=O) groups is 1. The highest BCUT2D eigenvalue weighted by atomic mass is 35.5. The maximum Gasteiger partial charge on any atom is 0.309 e. The Kier molecular flexibility index (Phi) is 4.82. The van der Waals surface area contributed by atoms with Gasteiger partial charge in [0.15, 0.2) is 0 Å². The molecule has 94 valence electrons. The molecule has 4 heteroatoms. The average Bonchev–Trinajstić information content (AvgIpc) is 2.14. The van der Waals surface area contributed by atoms with Gasteiger partial charge in [-0.1, -0.05) is 17.7 Å². The van der Waals surface area contributed by atoms with E-state index in [0.29, 0.717) is 10.8 Å². The van der Waals surface area contributed by atoms with E-state index in [4.69, 9.17) is 21.1 Å². The molecule has 0 aromatic heterocycles. The Labute approximate surface area is 107 Å². The second-order valence-corrected chi connectivity index (χ2v) is 5.08. The fourth-order valence-corrected chi connectivity index (χ4v) is 1.38. The Morgan fingerprint density at radius 1 is 1.35 bits per heavy atom. The fraction of sp³-hybridized carbons (Fsp3) is 0.462. The van der Waals surface area contributed by atoms with E-state index >= 15 is 0 Å². The van der Waals surface area contributed by atoms with E-state index in [1.54, 1.807) is 24.3 Å². The molecule has 0 N–H and O–H groups in total. The molecule has 3 nitrogen and oxygen atoms in total. The van der Waals surface area contributed by atoms with Crippen LogP contribution >= 0.6 is 11.6 Å². The van der Waals surface area contributed by atoms with E-state index in [1.807, 2.05) is 20.8 Å². The van der Waals surface area contributed by atoms with Crippen LogP contribution in [0.2, 0.25) is 5.02 Å². The zero-order chi connectivity index (χ0) is 12.9. The summed E-state index contributed by atoms with van der Waals surface area (Å²) in [5.74, 6) is 0.389. The van der Waals surface area contributed by atoms with E-state index in [2.05, 4.69) is 0 Å². The van der Waals surface area contributed by atoms with E-state index < -0.39 is 5.60 Å². The second-order valence-electron chi connectivity index (χ2n) is 4.64. The van der Waals surface area contributed by atoms with E-state index in [9.17, 15) is 4.79 Å². The predicted molar refractivity (Wildman–Crippen MR) is 67.4 cm³/mol. The number of carbonyl (C=O) groups excluding carboxylic acids is 1. The Morgan fingerprint density at radius 3 is 2.65 bits per heavy atom. The Hall–Kier alpha value is -1.22. The van der Waals surface area contributed by atoms with Crippen molar-refractivity contribution in [3.05, 3.63) is 29.3 Å². The van der Waals surface area contributed by atoms with Gasteiger partial charge in [0.2, 0.25) is 0 Å². The zero-order valence-corrected chi connectivity index (χ0v) is 11.1. The van der Waals surface area contributed by atoms with Crippen molar-refractivity contribution in [1.82, 2.24) is 0 Å². The predicted octanol–water partition coefficient (Wildman–Crippen LogP) is 3.45. The molecule has 1 rings (SSSR count). The Morgan fingerprint density at radius 2 is 2.06 bits per heavy atom. The van der Waals surface area contributed by atoms with Crippen LogP contribution in [0.1, 0.15) is 27.2 Å². The van der Waals surface area contributed by atoms with Crippen LogP contribution in [0.5, 0.6) is 5.75 Å². The smallest absolute Gasteiger partial charge is 0.309 e. The first kappa shape index (κ1) is 13.8. The number of hydrogen-bond donors (Lipinski definition) is 0. The summed E-state index contributed by atoms with van der Waals surface area (Å²) in [6, 6.07) is 7.06. The van der Waals surface area contributed by atoms with Gasteiger partial charge >= 0.3 is 5.97 Å². The first-order chi connectivity index (χ1) is 7.87. The molecular weight excluding hydrogens is 240 g/mol. The molecule has 0 radical (unpaired) electrons. The summed E-state index contributed by atoms with van der Waals surface area (Å²) in [6.07, 6.45) is 0.226. The van der Waals surface area contributed by atoms with E-state index in [-0.39, 0.29) is 19.0 Å². The minimum atomic E-state index is -0.451. The second kappa shape index (κ2) is 5.92. The third kappa shape index (κ3) is 6.17. The molecule has 0 fully saturated rings. The van der Waals surface area contributed by atoms with Crippen LogP contribution in [-0.2, 0) is 9.53 Å². The highest BCUT2D eigenvalue weighted by Crippen LogP contribution is 2.17. The maximum absolute atomic E-state index is 11.4. The van der Waals surface area contributed by atoms with Crippen LogP contribution < -0.4 is 4.74 Å². The van der Waals surface area contributed by atoms with Gasteiger partial charge in [0.25, 0.3) is 0 Å². The van der Waals surface area contributed by atoms with Crippen molar-refractivity contribution in [2.75, 3.05) is 6.61 Å². The first-order valence-corrected chi connectivity index (χ1v) is 5.85. The van der Waals surface area contributed by atoms with Crippen molar-refractivity contribution in [2.45, 2.75) is 32.8 Å². The summed E-state index contributed by atoms with van der Waals surface area (Å²) in [5.41, 5.74) is -0.451. The monoisotopic (exact) mass is 256 g/mol. The normalized spacial score (nSPS) is 11.1. The van der Waals surface area contributed by atoms with Gasteiger partial charge < -0.3 is 9.47 Å². The summed E-state index contributed by atoms with van der Waals surface area (Å²) in [7, 11) is 0. The van der Waals surface area contributed by atoms with Gasteiger partial charge in [0.05, 0.1) is 13.0 Å². The molecule has 0 aliphatic carbocycles. The summed E-state index contributed by atoms with van der Waals surface area (Å²) < 4.78 is 10.5. The quantitative estimate of drug-likeness (QED) is 0.774. The molecule has 17 heavy (non-hydrogen) atoms. The largest absolute Gasteiger partial charge is 0.493 e. The Bertz CT molecular complexity index is 382. The third-order valence-electron chi connectivity index (χ3n) is 1.79. The van der Waals surface area contributed by atoms with Crippen LogP contribution in [-0.4, -0.2) is 18.2 Å². The fourth-order valence-electron chi connectivity index (χ4n) is 1.20. The van der Waals surface area contributed by atoms with Crippen molar-refractivity contribution in [2.24, 2.45) is 0 Å². The summed E-state index contributed by atoms with van der Waals surface area (Å²) in [6.45, 7) is 5.80. The van der Waals surface area contributed by atoms with Crippen molar-refractivity contribution in [3.8, 4) is 5.75 Å². The van der Waals surface area contributed by atoms with Gasteiger partial charge in [-0.25, -0.2) is 0 Å². The molecule has 0 heterocycles. The average molecular weight is 257 g/mol.